The van der Waals surface area contributed by atoms with E-state index in [9.17, 15) is 4.79 Å². The largest absolute Gasteiger partial charge is 0.478 e. The number of hydrogen-bond donors (Lipinski definition) is 2. The molecule has 0 aliphatic carbocycles. The van der Waals surface area contributed by atoms with Crippen LogP contribution >= 0.6 is 0 Å². The maximum Gasteiger partial charge on any atom is 0.328 e. The van der Waals surface area contributed by atoms with Crippen molar-refractivity contribution >= 4 is 45.1 Å². The van der Waals surface area contributed by atoms with Crippen LogP contribution in [0.4, 0.5) is 0 Å². The van der Waals surface area contributed by atoms with Gasteiger partial charge in [0.05, 0.1) is 22.7 Å². The van der Waals surface area contributed by atoms with E-state index < -0.39 is 5.97 Å². The van der Waals surface area contributed by atoms with Crippen LogP contribution in [0.25, 0.3) is 39.2 Å². The number of nitrogens with one attached hydrogen (secondary N) is 1. The topological polar surface area (TPSA) is 91.8 Å². The van der Waals surface area contributed by atoms with Crippen molar-refractivity contribution in [3.63, 3.8) is 0 Å². The van der Waals surface area contributed by atoms with Crippen LogP contribution in [-0.2, 0) is 4.79 Å². The first-order valence-electron chi connectivity index (χ1n) is 11.0. The van der Waals surface area contributed by atoms with Crippen LogP contribution in [0.2, 0.25) is 0 Å². The molecule has 0 aliphatic heterocycles. The first-order valence-corrected chi connectivity index (χ1v) is 11.0. The number of H-pyrrole nitrogens is 1. The lowest BCUT2D eigenvalue weighted by atomic mass is 9.87. The molecule has 5 rings (SSSR count). The predicted molar refractivity (Wildman–Crippen MR) is 135 cm³/mol. The minimum Gasteiger partial charge on any atom is -0.478 e. The quantitative estimate of drug-likeness (QED) is 0.248. The van der Waals surface area contributed by atoms with Crippen molar-refractivity contribution < 1.29 is 9.90 Å². The lowest BCUT2D eigenvalue weighted by Crippen LogP contribution is -1.96. The monoisotopic (exact) mass is 446 g/mol. The molecule has 34 heavy (non-hydrogen) atoms. The van der Waals surface area contributed by atoms with Gasteiger partial charge in [-0.2, -0.15) is 5.10 Å². The highest BCUT2D eigenvalue weighted by Crippen LogP contribution is 2.36. The molecular formula is C28H22N4O2. The molecule has 0 fully saturated rings. The lowest BCUT2D eigenvalue weighted by Gasteiger charge is -2.17. The number of carboxylic acids is 1. The molecule has 2 aromatic heterocycles. The number of aromatic amines is 1. The summed E-state index contributed by atoms with van der Waals surface area (Å²) in [5.74, 6) is -0.967. The van der Waals surface area contributed by atoms with Gasteiger partial charge in [-0.15, -0.1) is 0 Å². The van der Waals surface area contributed by atoms with Crippen molar-refractivity contribution in [2.45, 2.75) is 13.3 Å². The molecule has 0 saturated carbocycles. The molecule has 0 spiro atoms. The highest BCUT2D eigenvalue weighted by molar-refractivity contribution is 6.01. The average Bonchev–Trinajstić information content (AvgIpc) is 3.34. The Balaban J connectivity index is 1.71. The lowest BCUT2D eigenvalue weighted by molar-refractivity contribution is -0.131. The summed E-state index contributed by atoms with van der Waals surface area (Å²) in [6.45, 7) is 2.15. The normalized spacial score (nSPS) is 12.4. The fraction of sp³-hybridized carbons (Fsp3) is 0.0714. The second kappa shape index (κ2) is 9.11. The van der Waals surface area contributed by atoms with Gasteiger partial charge in [-0.3, -0.25) is 15.1 Å². The summed E-state index contributed by atoms with van der Waals surface area (Å²) < 4.78 is 0. The first-order chi connectivity index (χ1) is 16.6. The molecule has 6 nitrogen and oxygen atoms in total. The van der Waals surface area contributed by atoms with Gasteiger partial charge < -0.3 is 5.11 Å². The van der Waals surface area contributed by atoms with Crippen molar-refractivity contribution in [1.29, 1.82) is 0 Å². The van der Waals surface area contributed by atoms with Crippen molar-refractivity contribution in [3.8, 4) is 0 Å². The molecule has 0 bridgehead atoms. The zero-order valence-electron chi connectivity index (χ0n) is 18.6. The summed E-state index contributed by atoms with van der Waals surface area (Å²) in [5, 5.41) is 17.1. The maximum atomic E-state index is 10.9. The van der Waals surface area contributed by atoms with E-state index >= 15 is 0 Å². The molecule has 3 aromatic carbocycles. The van der Waals surface area contributed by atoms with Crippen LogP contribution in [0.15, 0.2) is 85.3 Å². The molecule has 0 atom stereocenters. The number of fused-ring (bicyclic) bond motifs is 2. The number of rotatable bonds is 6. The third-order valence-electron chi connectivity index (χ3n) is 5.82. The zero-order chi connectivity index (χ0) is 23.5. The van der Waals surface area contributed by atoms with E-state index in [4.69, 9.17) is 5.11 Å². The number of carbonyl (C=O) groups is 1. The van der Waals surface area contributed by atoms with E-state index in [-0.39, 0.29) is 0 Å². The van der Waals surface area contributed by atoms with Crippen molar-refractivity contribution in [2.24, 2.45) is 0 Å². The van der Waals surface area contributed by atoms with Gasteiger partial charge in [0.1, 0.15) is 0 Å². The fourth-order valence-corrected chi connectivity index (χ4v) is 4.22. The number of benzene rings is 3. The van der Waals surface area contributed by atoms with Gasteiger partial charge in [0.25, 0.3) is 0 Å². The van der Waals surface area contributed by atoms with Gasteiger partial charge >= 0.3 is 5.97 Å². The standard InChI is InChI=1S/C28H22N4O2/c1-2-23(20-8-11-25-26(16-20)30-14-13-29-25)28(21-9-10-24-22(15-21)17-31-32-24)19-6-3-18(4-7-19)5-12-27(33)34/h3-17H,2H2,1H3,(H,31,32)(H,33,34). The van der Waals surface area contributed by atoms with Crippen LogP contribution in [0, 0.1) is 0 Å². The van der Waals surface area contributed by atoms with Crippen LogP contribution in [0.1, 0.15) is 35.6 Å². The number of aliphatic carboxylic acids is 1. The van der Waals surface area contributed by atoms with Crippen molar-refractivity contribution in [3.05, 3.63) is 108 Å². The van der Waals surface area contributed by atoms with Crippen LogP contribution in [-0.4, -0.2) is 31.2 Å². The summed E-state index contributed by atoms with van der Waals surface area (Å²) in [5.41, 5.74) is 9.04. The Kier molecular flexibility index (Phi) is 5.70. The molecule has 166 valence electrons. The van der Waals surface area contributed by atoms with Crippen LogP contribution in [0.5, 0.6) is 0 Å². The molecule has 2 heterocycles. The number of aromatic nitrogens is 4. The Morgan fingerprint density at radius 1 is 0.912 bits per heavy atom. The van der Waals surface area contributed by atoms with E-state index in [0.29, 0.717) is 0 Å². The number of carboxylic acid groups (broad SMARTS) is 1. The van der Waals surface area contributed by atoms with Gasteiger partial charge in [-0.05, 0) is 70.2 Å². The third kappa shape index (κ3) is 4.21. The minimum absolute atomic E-state index is 0.811. The average molecular weight is 447 g/mol. The van der Waals surface area contributed by atoms with Gasteiger partial charge in [0.15, 0.2) is 0 Å². The highest BCUT2D eigenvalue weighted by atomic mass is 16.4. The fourth-order valence-electron chi connectivity index (χ4n) is 4.22. The van der Waals surface area contributed by atoms with Gasteiger partial charge in [-0.25, -0.2) is 4.79 Å². The Bertz CT molecular complexity index is 1560. The molecule has 5 aromatic rings. The van der Waals surface area contributed by atoms with Crippen LogP contribution in [0.3, 0.4) is 0 Å². The Morgan fingerprint density at radius 3 is 2.41 bits per heavy atom. The smallest absolute Gasteiger partial charge is 0.328 e. The first kappa shape index (κ1) is 21.3. The van der Waals surface area contributed by atoms with E-state index in [1.807, 2.05) is 42.6 Å². The summed E-state index contributed by atoms with van der Waals surface area (Å²) in [6.07, 6.45) is 8.78. The summed E-state index contributed by atoms with van der Waals surface area (Å²) in [4.78, 5) is 19.8. The maximum absolute atomic E-state index is 10.9. The predicted octanol–water partition coefficient (Wildman–Crippen LogP) is 5.97. The number of allylic oxidation sites excluding steroid dienone is 1. The summed E-state index contributed by atoms with van der Waals surface area (Å²) >= 11 is 0. The zero-order valence-corrected chi connectivity index (χ0v) is 18.6. The Morgan fingerprint density at radius 2 is 1.65 bits per heavy atom. The van der Waals surface area contributed by atoms with Gasteiger partial charge in [0.2, 0.25) is 0 Å². The van der Waals surface area contributed by atoms with Crippen molar-refractivity contribution in [1.82, 2.24) is 20.2 Å². The molecule has 0 radical (unpaired) electrons. The van der Waals surface area contributed by atoms with Gasteiger partial charge in [0, 0.05) is 23.9 Å². The van der Waals surface area contributed by atoms with E-state index in [1.165, 1.54) is 5.57 Å². The summed E-state index contributed by atoms with van der Waals surface area (Å²) in [7, 11) is 0. The molecule has 6 heteroatoms. The van der Waals surface area contributed by atoms with Crippen molar-refractivity contribution in [2.75, 3.05) is 0 Å². The third-order valence-corrected chi connectivity index (χ3v) is 5.82. The van der Waals surface area contributed by atoms with E-state index in [0.717, 1.165) is 62.3 Å². The number of nitrogens with zero attached hydrogens (tertiary/aromatic N) is 3. The SMILES string of the molecule is CCC(=C(c1ccc(C=CC(=O)O)cc1)c1ccc2[nH]ncc2c1)c1ccc2nccnc2c1. The molecule has 0 saturated heterocycles. The molecule has 2 N–H and O–H groups in total. The highest BCUT2D eigenvalue weighted by Gasteiger charge is 2.15. The van der Waals surface area contributed by atoms with E-state index in [2.05, 4.69) is 51.4 Å². The summed E-state index contributed by atoms with van der Waals surface area (Å²) in [6, 6.07) is 20.4. The van der Waals surface area contributed by atoms with Crippen LogP contribution < -0.4 is 0 Å². The second-order valence-corrected chi connectivity index (χ2v) is 7.93. The molecular weight excluding hydrogens is 424 g/mol. The Labute approximate surface area is 196 Å². The molecule has 0 amide bonds. The molecule has 0 unspecified atom stereocenters. The second-order valence-electron chi connectivity index (χ2n) is 7.93. The Hall–Kier alpha value is -4.58. The van der Waals surface area contributed by atoms with Gasteiger partial charge in [-0.1, -0.05) is 43.3 Å². The molecule has 0 aliphatic rings. The minimum atomic E-state index is -0.967. The van der Waals surface area contributed by atoms with E-state index in [1.54, 1.807) is 18.5 Å². The number of hydrogen-bond acceptors (Lipinski definition) is 4.